The number of nitrogens with two attached hydrogens (primary N) is 1. The highest BCUT2D eigenvalue weighted by Crippen LogP contribution is 2.08. The molecule has 4 nitrogen and oxygen atoms in total. The first-order chi connectivity index (χ1) is 9.15. The Morgan fingerprint density at radius 1 is 1.32 bits per heavy atom. The number of rotatable bonds is 8. The van der Waals surface area contributed by atoms with Gasteiger partial charge in [0.15, 0.2) is 0 Å². The Kier molecular flexibility index (Phi) is 7.07. The Morgan fingerprint density at radius 2 is 2.00 bits per heavy atom. The van der Waals surface area contributed by atoms with Crippen LogP contribution in [0.15, 0.2) is 24.3 Å². The summed E-state index contributed by atoms with van der Waals surface area (Å²) in [6.07, 6.45) is 2.13. The van der Waals surface area contributed by atoms with Crippen molar-refractivity contribution in [1.29, 1.82) is 0 Å². The smallest absolute Gasteiger partial charge is 0.238 e. The number of halogens is 1. The highest BCUT2D eigenvalue weighted by Gasteiger charge is 2.09. The number of nitrogens with one attached hydrogen (secondary N) is 1. The molecule has 0 saturated heterocycles. The molecule has 1 aromatic rings. The van der Waals surface area contributed by atoms with Gasteiger partial charge in [0.25, 0.3) is 0 Å². The second kappa shape index (κ2) is 8.61. The third kappa shape index (κ3) is 6.31. The van der Waals surface area contributed by atoms with Crippen LogP contribution in [0.25, 0.3) is 0 Å². The Bertz CT molecular complexity index is 381. The van der Waals surface area contributed by atoms with Crippen LogP contribution in [0, 0.1) is 5.82 Å². The molecule has 0 heterocycles. The molecule has 0 radical (unpaired) electrons. The van der Waals surface area contributed by atoms with Gasteiger partial charge in [-0.1, -0.05) is 13.3 Å². The fourth-order valence-electron chi connectivity index (χ4n) is 1.77. The van der Waals surface area contributed by atoms with E-state index in [0.717, 1.165) is 19.4 Å². The van der Waals surface area contributed by atoms with Crippen LogP contribution < -0.4 is 11.1 Å². The Balaban J connectivity index is 2.45. The minimum atomic E-state index is -0.314. The summed E-state index contributed by atoms with van der Waals surface area (Å²) in [7, 11) is 0. The summed E-state index contributed by atoms with van der Waals surface area (Å²) in [5.41, 5.74) is 6.14. The second-order valence-electron chi connectivity index (χ2n) is 4.47. The van der Waals surface area contributed by atoms with Crippen molar-refractivity contribution in [2.45, 2.75) is 19.8 Å². The largest absolute Gasteiger partial charge is 0.329 e. The summed E-state index contributed by atoms with van der Waals surface area (Å²) in [6, 6.07) is 5.74. The zero-order chi connectivity index (χ0) is 14.1. The summed E-state index contributed by atoms with van der Waals surface area (Å²) in [5, 5.41) is 2.75. The summed E-state index contributed by atoms with van der Waals surface area (Å²) < 4.78 is 12.7. The van der Waals surface area contributed by atoms with Crippen molar-refractivity contribution >= 4 is 11.6 Å². The molecule has 0 unspecified atom stereocenters. The van der Waals surface area contributed by atoms with Gasteiger partial charge >= 0.3 is 0 Å². The van der Waals surface area contributed by atoms with Crippen LogP contribution in [-0.4, -0.2) is 37.0 Å². The third-order valence-corrected chi connectivity index (χ3v) is 2.77. The number of anilines is 1. The zero-order valence-electron chi connectivity index (χ0n) is 11.4. The molecule has 0 spiro atoms. The predicted molar refractivity (Wildman–Crippen MR) is 75.4 cm³/mol. The van der Waals surface area contributed by atoms with Crippen molar-refractivity contribution in [2.24, 2.45) is 5.73 Å². The lowest BCUT2D eigenvalue weighted by Gasteiger charge is -2.20. The van der Waals surface area contributed by atoms with E-state index >= 15 is 0 Å². The highest BCUT2D eigenvalue weighted by atomic mass is 19.1. The lowest BCUT2D eigenvalue weighted by Crippen LogP contribution is -2.37. The van der Waals surface area contributed by atoms with E-state index in [1.165, 1.54) is 12.1 Å². The van der Waals surface area contributed by atoms with E-state index in [0.29, 0.717) is 25.3 Å². The van der Waals surface area contributed by atoms with Crippen molar-refractivity contribution in [1.82, 2.24) is 4.90 Å². The van der Waals surface area contributed by atoms with Crippen LogP contribution in [0.4, 0.5) is 10.1 Å². The molecule has 0 aliphatic carbocycles. The van der Waals surface area contributed by atoms with Gasteiger partial charge in [-0.25, -0.2) is 4.39 Å². The molecule has 1 rings (SSSR count). The van der Waals surface area contributed by atoms with Gasteiger partial charge in [0, 0.05) is 18.8 Å². The van der Waals surface area contributed by atoms with Crippen LogP contribution in [0.5, 0.6) is 0 Å². The van der Waals surface area contributed by atoms with Gasteiger partial charge in [-0.3, -0.25) is 9.69 Å². The van der Waals surface area contributed by atoms with Crippen molar-refractivity contribution in [2.75, 3.05) is 31.5 Å². The quantitative estimate of drug-likeness (QED) is 0.755. The molecule has 106 valence electrons. The SMILES string of the molecule is CCCCN(CCN)CC(=O)Nc1ccc(F)cc1. The van der Waals surface area contributed by atoms with Crippen molar-refractivity contribution in [3.05, 3.63) is 30.1 Å². The van der Waals surface area contributed by atoms with Gasteiger partial charge in [0.05, 0.1) is 6.54 Å². The van der Waals surface area contributed by atoms with Crippen molar-refractivity contribution < 1.29 is 9.18 Å². The molecule has 0 aliphatic heterocycles. The Labute approximate surface area is 113 Å². The number of hydrogen-bond donors (Lipinski definition) is 2. The summed E-state index contributed by atoms with van der Waals surface area (Å²) in [5.74, 6) is -0.415. The zero-order valence-corrected chi connectivity index (χ0v) is 11.4. The fourth-order valence-corrected chi connectivity index (χ4v) is 1.77. The van der Waals surface area contributed by atoms with Gasteiger partial charge in [-0.2, -0.15) is 0 Å². The van der Waals surface area contributed by atoms with E-state index in [1.807, 2.05) is 4.90 Å². The molecule has 0 fully saturated rings. The maximum Gasteiger partial charge on any atom is 0.238 e. The molecule has 5 heteroatoms. The standard InChI is InChI=1S/C14H22FN3O/c1-2-3-9-18(10-8-16)11-14(19)17-13-6-4-12(15)5-7-13/h4-7H,2-3,8-11,16H2,1H3,(H,17,19). The average molecular weight is 267 g/mol. The van der Waals surface area contributed by atoms with Gasteiger partial charge in [-0.15, -0.1) is 0 Å². The third-order valence-electron chi connectivity index (χ3n) is 2.77. The van der Waals surface area contributed by atoms with E-state index in [9.17, 15) is 9.18 Å². The van der Waals surface area contributed by atoms with Crippen molar-refractivity contribution in [3.63, 3.8) is 0 Å². The molecule has 3 N–H and O–H groups in total. The topological polar surface area (TPSA) is 58.4 Å². The number of hydrogen-bond acceptors (Lipinski definition) is 3. The van der Waals surface area contributed by atoms with E-state index in [4.69, 9.17) is 5.73 Å². The molecule has 0 atom stereocenters. The van der Waals surface area contributed by atoms with Crippen LogP contribution in [0.1, 0.15) is 19.8 Å². The minimum absolute atomic E-state index is 0.101. The van der Waals surface area contributed by atoms with Gasteiger partial charge in [0.1, 0.15) is 5.82 Å². The van der Waals surface area contributed by atoms with E-state index in [1.54, 1.807) is 12.1 Å². The first kappa shape index (κ1) is 15.6. The first-order valence-electron chi connectivity index (χ1n) is 6.63. The fraction of sp³-hybridized carbons (Fsp3) is 0.500. The Hall–Kier alpha value is -1.46. The van der Waals surface area contributed by atoms with Gasteiger partial charge < -0.3 is 11.1 Å². The van der Waals surface area contributed by atoms with Gasteiger partial charge in [0.2, 0.25) is 5.91 Å². The first-order valence-corrected chi connectivity index (χ1v) is 6.63. The predicted octanol–water partition coefficient (Wildman–Crippen LogP) is 1.82. The molecular formula is C14H22FN3O. The number of amides is 1. The van der Waals surface area contributed by atoms with E-state index < -0.39 is 0 Å². The molecule has 0 aromatic heterocycles. The van der Waals surface area contributed by atoms with Crippen LogP contribution in [-0.2, 0) is 4.79 Å². The van der Waals surface area contributed by atoms with Crippen LogP contribution in [0.2, 0.25) is 0 Å². The number of carbonyl (C=O) groups is 1. The molecule has 0 bridgehead atoms. The molecule has 0 aliphatic rings. The monoisotopic (exact) mass is 267 g/mol. The van der Waals surface area contributed by atoms with Crippen LogP contribution >= 0.6 is 0 Å². The summed E-state index contributed by atoms with van der Waals surface area (Å²) >= 11 is 0. The average Bonchev–Trinajstić information content (AvgIpc) is 2.39. The molecular weight excluding hydrogens is 245 g/mol. The number of benzene rings is 1. The minimum Gasteiger partial charge on any atom is -0.329 e. The molecule has 0 saturated carbocycles. The number of nitrogens with zero attached hydrogens (tertiary/aromatic N) is 1. The van der Waals surface area contributed by atoms with E-state index in [-0.39, 0.29) is 11.7 Å². The number of carbonyl (C=O) groups excluding carboxylic acids is 1. The van der Waals surface area contributed by atoms with Crippen LogP contribution in [0.3, 0.4) is 0 Å². The van der Waals surface area contributed by atoms with E-state index in [2.05, 4.69) is 12.2 Å². The second-order valence-corrected chi connectivity index (χ2v) is 4.47. The lowest BCUT2D eigenvalue weighted by molar-refractivity contribution is -0.117. The summed E-state index contributed by atoms with van der Waals surface area (Å²) in [4.78, 5) is 13.9. The Morgan fingerprint density at radius 3 is 2.58 bits per heavy atom. The summed E-state index contributed by atoms with van der Waals surface area (Å²) in [6.45, 7) is 4.53. The highest BCUT2D eigenvalue weighted by molar-refractivity contribution is 5.92. The maximum atomic E-state index is 12.7. The van der Waals surface area contributed by atoms with Crippen molar-refractivity contribution in [3.8, 4) is 0 Å². The molecule has 1 amide bonds. The molecule has 19 heavy (non-hydrogen) atoms. The normalized spacial score (nSPS) is 10.7. The van der Waals surface area contributed by atoms with Gasteiger partial charge in [-0.05, 0) is 37.2 Å². The number of unbranched alkanes of at least 4 members (excludes halogenated alkanes) is 1. The lowest BCUT2D eigenvalue weighted by atomic mass is 10.3. The molecule has 1 aromatic carbocycles. The maximum absolute atomic E-state index is 12.7.